The second kappa shape index (κ2) is 7.40. The largest absolute Gasteiger partial charge is 0.356 e. The third-order valence-electron chi connectivity index (χ3n) is 3.54. The first-order chi connectivity index (χ1) is 11.3. The monoisotopic (exact) mass is 306 g/mol. The van der Waals surface area contributed by atoms with Crippen molar-refractivity contribution in [2.75, 3.05) is 6.54 Å². The van der Waals surface area contributed by atoms with Crippen molar-refractivity contribution < 1.29 is 9.32 Å². The third-order valence-corrected chi connectivity index (χ3v) is 3.54. The fourth-order valence-corrected chi connectivity index (χ4v) is 2.35. The molecule has 0 aliphatic heterocycles. The number of carbonyl (C=O) groups is 1. The Morgan fingerprint density at radius 2 is 1.70 bits per heavy atom. The maximum atomic E-state index is 12.0. The van der Waals surface area contributed by atoms with Crippen molar-refractivity contribution in [3.05, 3.63) is 78.0 Å². The molecule has 0 aliphatic carbocycles. The lowest BCUT2D eigenvalue weighted by molar-refractivity contribution is -0.120. The summed E-state index contributed by atoms with van der Waals surface area (Å²) in [6, 6.07) is 21.6. The molecule has 3 aromatic rings. The van der Waals surface area contributed by atoms with Gasteiger partial charge in [-0.1, -0.05) is 65.8 Å². The molecule has 4 nitrogen and oxygen atoms in total. The van der Waals surface area contributed by atoms with Crippen LogP contribution in [0.2, 0.25) is 0 Å². The van der Waals surface area contributed by atoms with E-state index in [1.807, 2.05) is 54.6 Å². The van der Waals surface area contributed by atoms with Gasteiger partial charge in [0.25, 0.3) is 0 Å². The number of amides is 1. The van der Waals surface area contributed by atoms with Gasteiger partial charge in [-0.3, -0.25) is 4.79 Å². The number of hydrogen-bond donors (Lipinski definition) is 1. The second-order valence-electron chi connectivity index (χ2n) is 5.31. The first-order valence-corrected chi connectivity index (χ1v) is 7.63. The van der Waals surface area contributed by atoms with Crippen molar-refractivity contribution >= 4 is 5.91 Å². The molecule has 4 heteroatoms. The van der Waals surface area contributed by atoms with Crippen LogP contribution < -0.4 is 5.32 Å². The molecular formula is C19H18N2O2. The van der Waals surface area contributed by atoms with E-state index in [0.717, 1.165) is 12.0 Å². The van der Waals surface area contributed by atoms with Crippen LogP contribution in [0.5, 0.6) is 0 Å². The Labute approximate surface area is 135 Å². The molecule has 3 rings (SSSR count). The fourth-order valence-electron chi connectivity index (χ4n) is 2.35. The average Bonchev–Trinajstić information content (AvgIpc) is 3.05. The predicted molar refractivity (Wildman–Crippen MR) is 88.8 cm³/mol. The molecule has 1 aromatic heterocycles. The molecule has 0 radical (unpaired) electrons. The van der Waals surface area contributed by atoms with Gasteiger partial charge in [-0.15, -0.1) is 0 Å². The number of carbonyl (C=O) groups excluding carboxylic acids is 1. The Balaban J connectivity index is 1.49. The minimum atomic E-state index is -0.0474. The lowest BCUT2D eigenvalue weighted by atomic mass is 10.1. The van der Waals surface area contributed by atoms with Crippen LogP contribution in [0.4, 0.5) is 0 Å². The van der Waals surface area contributed by atoms with E-state index < -0.39 is 0 Å². The summed E-state index contributed by atoms with van der Waals surface area (Å²) in [5.74, 6) is 0.631. The van der Waals surface area contributed by atoms with Crippen LogP contribution in [-0.4, -0.2) is 17.6 Å². The molecule has 0 atom stereocenters. The Morgan fingerprint density at radius 1 is 1.00 bits per heavy atom. The van der Waals surface area contributed by atoms with Gasteiger partial charge in [-0.05, 0) is 12.0 Å². The van der Waals surface area contributed by atoms with Gasteiger partial charge in [-0.25, -0.2) is 0 Å². The summed E-state index contributed by atoms with van der Waals surface area (Å²) in [7, 11) is 0. The lowest BCUT2D eigenvalue weighted by Crippen LogP contribution is -2.27. The molecule has 23 heavy (non-hydrogen) atoms. The zero-order valence-corrected chi connectivity index (χ0v) is 12.7. The molecule has 2 aromatic carbocycles. The fraction of sp³-hybridized carbons (Fsp3) is 0.158. The molecule has 0 fully saturated rings. The standard InChI is InChI=1S/C19H18N2O2/c22-19(20-12-11-15-7-3-1-4-8-15)14-17-13-18(23-21-17)16-9-5-2-6-10-16/h1-10,13H,11-12,14H2,(H,20,22). The van der Waals surface area contributed by atoms with Gasteiger partial charge in [0.05, 0.1) is 12.1 Å². The van der Waals surface area contributed by atoms with Crippen molar-refractivity contribution in [3.63, 3.8) is 0 Å². The Bertz CT molecular complexity index is 751. The van der Waals surface area contributed by atoms with E-state index in [1.54, 1.807) is 0 Å². The van der Waals surface area contributed by atoms with E-state index in [0.29, 0.717) is 18.0 Å². The van der Waals surface area contributed by atoms with E-state index in [1.165, 1.54) is 5.56 Å². The summed E-state index contributed by atoms with van der Waals surface area (Å²) < 4.78 is 5.30. The molecular weight excluding hydrogens is 288 g/mol. The van der Waals surface area contributed by atoms with Gasteiger partial charge in [0.2, 0.25) is 5.91 Å². The van der Waals surface area contributed by atoms with Gasteiger partial charge >= 0.3 is 0 Å². The second-order valence-corrected chi connectivity index (χ2v) is 5.31. The van der Waals surface area contributed by atoms with Gasteiger partial charge in [0.15, 0.2) is 5.76 Å². The molecule has 0 aliphatic rings. The number of rotatable bonds is 6. The molecule has 0 spiro atoms. The number of nitrogens with zero attached hydrogens (tertiary/aromatic N) is 1. The molecule has 116 valence electrons. The average molecular weight is 306 g/mol. The summed E-state index contributed by atoms with van der Waals surface area (Å²) in [5, 5.41) is 6.87. The van der Waals surface area contributed by atoms with Gasteiger partial charge in [0.1, 0.15) is 0 Å². The van der Waals surface area contributed by atoms with Gasteiger partial charge in [-0.2, -0.15) is 0 Å². The minimum Gasteiger partial charge on any atom is -0.356 e. The first-order valence-electron chi connectivity index (χ1n) is 7.63. The van der Waals surface area contributed by atoms with Crippen molar-refractivity contribution in [3.8, 4) is 11.3 Å². The van der Waals surface area contributed by atoms with Crippen LogP contribution >= 0.6 is 0 Å². The number of aromatic nitrogens is 1. The smallest absolute Gasteiger partial charge is 0.226 e. The minimum absolute atomic E-state index is 0.0474. The normalized spacial score (nSPS) is 10.4. The Morgan fingerprint density at radius 3 is 2.43 bits per heavy atom. The topological polar surface area (TPSA) is 55.1 Å². The highest BCUT2D eigenvalue weighted by molar-refractivity contribution is 5.78. The van der Waals surface area contributed by atoms with E-state index in [9.17, 15) is 4.79 Å². The van der Waals surface area contributed by atoms with E-state index in [2.05, 4.69) is 22.6 Å². The van der Waals surface area contributed by atoms with Crippen LogP contribution in [0.15, 0.2) is 71.3 Å². The molecule has 1 amide bonds. The number of nitrogens with one attached hydrogen (secondary N) is 1. The summed E-state index contributed by atoms with van der Waals surface area (Å²) in [5.41, 5.74) is 2.80. The van der Waals surface area contributed by atoms with Crippen molar-refractivity contribution in [2.45, 2.75) is 12.8 Å². The summed E-state index contributed by atoms with van der Waals surface area (Å²) in [6.07, 6.45) is 1.05. The predicted octanol–water partition coefficient (Wildman–Crippen LogP) is 3.24. The van der Waals surface area contributed by atoms with Crippen LogP contribution in [0.1, 0.15) is 11.3 Å². The molecule has 1 heterocycles. The molecule has 0 saturated carbocycles. The molecule has 0 saturated heterocycles. The number of hydrogen-bond acceptors (Lipinski definition) is 3. The first kappa shape index (κ1) is 15.0. The van der Waals surface area contributed by atoms with Crippen LogP contribution in [0.25, 0.3) is 11.3 Å². The summed E-state index contributed by atoms with van der Waals surface area (Å²) >= 11 is 0. The van der Waals surface area contributed by atoms with Crippen LogP contribution in [0, 0.1) is 0 Å². The van der Waals surface area contributed by atoms with Gasteiger partial charge < -0.3 is 9.84 Å². The zero-order valence-electron chi connectivity index (χ0n) is 12.7. The van der Waals surface area contributed by atoms with E-state index in [4.69, 9.17) is 4.52 Å². The SMILES string of the molecule is O=C(Cc1cc(-c2ccccc2)on1)NCCc1ccccc1. The Kier molecular flexibility index (Phi) is 4.84. The van der Waals surface area contributed by atoms with E-state index in [-0.39, 0.29) is 12.3 Å². The van der Waals surface area contributed by atoms with Crippen LogP contribution in [0.3, 0.4) is 0 Å². The van der Waals surface area contributed by atoms with Crippen molar-refractivity contribution in [1.82, 2.24) is 10.5 Å². The van der Waals surface area contributed by atoms with Gasteiger partial charge in [0, 0.05) is 18.2 Å². The highest BCUT2D eigenvalue weighted by Gasteiger charge is 2.10. The molecule has 1 N–H and O–H groups in total. The molecule has 0 bridgehead atoms. The lowest BCUT2D eigenvalue weighted by Gasteiger charge is -2.03. The van der Waals surface area contributed by atoms with Crippen molar-refractivity contribution in [1.29, 1.82) is 0 Å². The highest BCUT2D eigenvalue weighted by atomic mass is 16.5. The maximum Gasteiger partial charge on any atom is 0.226 e. The van der Waals surface area contributed by atoms with E-state index >= 15 is 0 Å². The quantitative estimate of drug-likeness (QED) is 0.760. The highest BCUT2D eigenvalue weighted by Crippen LogP contribution is 2.19. The zero-order chi connectivity index (χ0) is 15.9. The summed E-state index contributed by atoms with van der Waals surface area (Å²) in [6.45, 7) is 0.617. The molecule has 0 unspecified atom stereocenters. The third kappa shape index (κ3) is 4.30. The maximum absolute atomic E-state index is 12.0. The summed E-state index contributed by atoms with van der Waals surface area (Å²) in [4.78, 5) is 12.0. The Hall–Kier alpha value is -2.88. The number of benzene rings is 2. The van der Waals surface area contributed by atoms with Crippen molar-refractivity contribution in [2.24, 2.45) is 0 Å². The van der Waals surface area contributed by atoms with Crippen LogP contribution in [-0.2, 0) is 17.6 Å².